The smallest absolute Gasteiger partial charge is 0.287 e. The topological polar surface area (TPSA) is 42.4 Å². The van der Waals surface area contributed by atoms with Crippen LogP contribution in [0.3, 0.4) is 0 Å². The standard InChI is InChI=1S/C13H14F5NO2/c1-13(17,18)12-8-7(9(15)10(16)11(8)20)6(5-19-12)21-4-2-3-14/h5,9-11,20H,2-4H2,1H3/t9-,10-,11+/m1/s1. The lowest BCUT2D eigenvalue weighted by atomic mass is 10.0. The van der Waals surface area contributed by atoms with Crippen molar-refractivity contribution in [2.24, 2.45) is 0 Å². The summed E-state index contributed by atoms with van der Waals surface area (Å²) in [7, 11) is 0. The first-order chi connectivity index (χ1) is 9.79. The lowest BCUT2D eigenvalue weighted by Gasteiger charge is -2.18. The summed E-state index contributed by atoms with van der Waals surface area (Å²) in [6.07, 6.45) is -5.83. The summed E-state index contributed by atoms with van der Waals surface area (Å²) in [5.74, 6) is -3.72. The number of aliphatic hydroxyl groups is 1. The zero-order valence-electron chi connectivity index (χ0n) is 11.1. The Kier molecular flexibility index (Phi) is 4.36. The number of hydrogen-bond donors (Lipinski definition) is 1. The number of nitrogens with zero attached hydrogens (tertiary/aromatic N) is 1. The van der Waals surface area contributed by atoms with Gasteiger partial charge in [-0.05, 0) is 0 Å². The van der Waals surface area contributed by atoms with Crippen LogP contribution in [0.4, 0.5) is 22.0 Å². The molecule has 0 bridgehead atoms. The fraction of sp³-hybridized carbons (Fsp3) is 0.615. The molecule has 0 saturated carbocycles. The second kappa shape index (κ2) is 5.75. The molecule has 21 heavy (non-hydrogen) atoms. The van der Waals surface area contributed by atoms with Crippen LogP contribution < -0.4 is 4.74 Å². The SMILES string of the molecule is CC(F)(F)c1ncc(OCCCF)c2c1[C@H](O)[C@H](F)[C@@H]2F. The summed E-state index contributed by atoms with van der Waals surface area (Å²) in [4.78, 5) is 3.46. The van der Waals surface area contributed by atoms with Crippen LogP contribution in [0.2, 0.25) is 0 Å². The molecule has 1 N–H and O–H groups in total. The van der Waals surface area contributed by atoms with Gasteiger partial charge in [0.15, 0.2) is 12.3 Å². The van der Waals surface area contributed by atoms with Gasteiger partial charge in [0.25, 0.3) is 5.92 Å². The second-order valence-corrected chi connectivity index (χ2v) is 4.87. The molecule has 0 fully saturated rings. The molecular formula is C13H14F5NO2. The summed E-state index contributed by atoms with van der Waals surface area (Å²) in [6.45, 7) is -0.287. The van der Waals surface area contributed by atoms with Crippen LogP contribution in [0.15, 0.2) is 6.20 Å². The lowest BCUT2D eigenvalue weighted by Crippen LogP contribution is -2.17. The van der Waals surface area contributed by atoms with Gasteiger partial charge in [-0.15, -0.1) is 0 Å². The minimum Gasteiger partial charge on any atom is -0.491 e. The van der Waals surface area contributed by atoms with E-state index in [1.165, 1.54) is 0 Å². The molecule has 0 radical (unpaired) electrons. The highest BCUT2D eigenvalue weighted by Crippen LogP contribution is 2.50. The Morgan fingerprint density at radius 3 is 2.57 bits per heavy atom. The molecular weight excluding hydrogens is 297 g/mol. The van der Waals surface area contributed by atoms with E-state index in [2.05, 4.69) is 4.98 Å². The van der Waals surface area contributed by atoms with E-state index in [4.69, 9.17) is 4.74 Å². The average Bonchev–Trinajstić information content (AvgIpc) is 2.64. The molecule has 1 aromatic heterocycles. The van der Waals surface area contributed by atoms with Crippen molar-refractivity contribution in [1.29, 1.82) is 0 Å². The van der Waals surface area contributed by atoms with Crippen molar-refractivity contribution in [3.8, 4) is 5.75 Å². The van der Waals surface area contributed by atoms with E-state index in [0.717, 1.165) is 6.20 Å². The fourth-order valence-corrected chi connectivity index (χ4v) is 2.29. The van der Waals surface area contributed by atoms with Crippen LogP contribution >= 0.6 is 0 Å². The number of rotatable bonds is 5. The molecule has 3 nitrogen and oxygen atoms in total. The van der Waals surface area contributed by atoms with Crippen molar-refractivity contribution in [1.82, 2.24) is 4.98 Å². The summed E-state index contributed by atoms with van der Waals surface area (Å²) in [5, 5.41) is 9.66. The Morgan fingerprint density at radius 1 is 1.33 bits per heavy atom. The van der Waals surface area contributed by atoms with Crippen LogP contribution in [0.25, 0.3) is 0 Å². The molecule has 1 aromatic rings. The molecule has 3 atom stereocenters. The molecule has 0 unspecified atom stereocenters. The monoisotopic (exact) mass is 311 g/mol. The molecule has 1 aliphatic carbocycles. The van der Waals surface area contributed by atoms with Gasteiger partial charge in [-0.1, -0.05) is 0 Å². The third-order valence-electron chi connectivity index (χ3n) is 3.23. The highest BCUT2D eigenvalue weighted by molar-refractivity contribution is 5.49. The Balaban J connectivity index is 2.49. The van der Waals surface area contributed by atoms with E-state index in [-0.39, 0.29) is 18.8 Å². The minimum atomic E-state index is -3.47. The van der Waals surface area contributed by atoms with Gasteiger partial charge in [-0.2, -0.15) is 8.78 Å². The van der Waals surface area contributed by atoms with Crippen LogP contribution in [-0.4, -0.2) is 29.5 Å². The summed E-state index contributed by atoms with van der Waals surface area (Å²) in [6, 6.07) is 0. The summed E-state index contributed by atoms with van der Waals surface area (Å²) < 4.78 is 71.6. The van der Waals surface area contributed by atoms with E-state index >= 15 is 0 Å². The lowest BCUT2D eigenvalue weighted by molar-refractivity contribution is 0.00484. The van der Waals surface area contributed by atoms with Gasteiger partial charge in [0, 0.05) is 24.5 Å². The zero-order chi connectivity index (χ0) is 15.8. The third-order valence-corrected chi connectivity index (χ3v) is 3.23. The van der Waals surface area contributed by atoms with Crippen molar-refractivity contribution >= 4 is 0 Å². The molecule has 0 spiro atoms. The maximum Gasteiger partial charge on any atom is 0.287 e. The maximum atomic E-state index is 13.9. The third kappa shape index (κ3) is 2.81. The molecule has 118 valence electrons. The van der Waals surface area contributed by atoms with E-state index in [0.29, 0.717) is 6.92 Å². The van der Waals surface area contributed by atoms with E-state index < -0.39 is 47.9 Å². The average molecular weight is 311 g/mol. The Labute approximate surface area is 117 Å². The summed E-state index contributed by atoms with van der Waals surface area (Å²) in [5.41, 5.74) is -1.94. The Morgan fingerprint density at radius 2 is 2.00 bits per heavy atom. The highest BCUT2D eigenvalue weighted by Gasteiger charge is 2.48. The van der Waals surface area contributed by atoms with Crippen LogP contribution in [0.1, 0.15) is 42.4 Å². The van der Waals surface area contributed by atoms with Crippen LogP contribution in [-0.2, 0) is 5.92 Å². The molecule has 1 heterocycles. The number of ether oxygens (including phenoxy) is 1. The number of fused-ring (bicyclic) bond motifs is 1. The van der Waals surface area contributed by atoms with Crippen molar-refractivity contribution in [2.45, 2.75) is 37.7 Å². The van der Waals surface area contributed by atoms with Crippen molar-refractivity contribution < 1.29 is 31.8 Å². The zero-order valence-corrected chi connectivity index (χ0v) is 11.1. The predicted octanol–water partition coefficient (Wildman–Crippen LogP) is 3.33. The van der Waals surface area contributed by atoms with Gasteiger partial charge in [-0.3, -0.25) is 9.37 Å². The van der Waals surface area contributed by atoms with Crippen molar-refractivity contribution in [3.63, 3.8) is 0 Å². The Hall–Kier alpha value is -1.44. The van der Waals surface area contributed by atoms with Gasteiger partial charge in [0.1, 0.15) is 17.5 Å². The first-order valence-corrected chi connectivity index (χ1v) is 6.35. The molecule has 0 aliphatic heterocycles. The first-order valence-electron chi connectivity index (χ1n) is 6.35. The van der Waals surface area contributed by atoms with E-state index in [1.807, 2.05) is 0 Å². The van der Waals surface area contributed by atoms with Gasteiger partial charge in [-0.25, -0.2) is 8.78 Å². The first kappa shape index (κ1) is 15.9. The molecule has 0 aromatic carbocycles. The number of aromatic nitrogens is 1. The molecule has 0 saturated heterocycles. The largest absolute Gasteiger partial charge is 0.491 e. The number of pyridine rings is 1. The number of alkyl halides is 5. The van der Waals surface area contributed by atoms with E-state index in [1.54, 1.807) is 0 Å². The number of halogens is 5. The number of hydrogen-bond acceptors (Lipinski definition) is 3. The van der Waals surface area contributed by atoms with E-state index in [9.17, 15) is 27.1 Å². The molecule has 8 heteroatoms. The quantitative estimate of drug-likeness (QED) is 0.670. The van der Waals surface area contributed by atoms with Gasteiger partial charge in [0.05, 0.1) is 19.5 Å². The van der Waals surface area contributed by atoms with Crippen molar-refractivity contribution in [2.75, 3.05) is 13.3 Å². The normalized spacial score (nSPS) is 25.0. The number of aliphatic hydroxyl groups excluding tert-OH is 1. The minimum absolute atomic E-state index is 0.0129. The maximum absolute atomic E-state index is 13.9. The fourth-order valence-electron chi connectivity index (χ4n) is 2.29. The molecule has 1 aliphatic rings. The summed E-state index contributed by atoms with van der Waals surface area (Å²) >= 11 is 0. The highest BCUT2D eigenvalue weighted by atomic mass is 19.3. The van der Waals surface area contributed by atoms with Crippen LogP contribution in [0.5, 0.6) is 5.75 Å². The predicted molar refractivity (Wildman–Crippen MR) is 63.6 cm³/mol. The van der Waals surface area contributed by atoms with Gasteiger partial charge < -0.3 is 9.84 Å². The Bertz CT molecular complexity index is 520. The van der Waals surface area contributed by atoms with Crippen LogP contribution in [0, 0.1) is 0 Å². The van der Waals surface area contributed by atoms with Gasteiger partial charge >= 0.3 is 0 Å². The van der Waals surface area contributed by atoms with Gasteiger partial charge in [0.2, 0.25) is 0 Å². The molecule has 2 rings (SSSR count). The second-order valence-electron chi connectivity index (χ2n) is 4.87. The molecule has 0 amide bonds. The van der Waals surface area contributed by atoms with Crippen molar-refractivity contribution in [3.05, 3.63) is 23.0 Å².